The van der Waals surface area contributed by atoms with Gasteiger partial charge in [-0.15, -0.1) is 12.4 Å². The van der Waals surface area contributed by atoms with Gasteiger partial charge in [0.25, 0.3) is 5.91 Å². The van der Waals surface area contributed by atoms with Crippen LogP contribution in [0, 0.1) is 5.92 Å². The molecule has 0 atom stereocenters. The van der Waals surface area contributed by atoms with Gasteiger partial charge in [-0.1, -0.05) is 19.9 Å². The van der Waals surface area contributed by atoms with E-state index in [1.54, 1.807) is 19.0 Å². The number of likely N-dealkylation sites (N-methyl/N-ethyl adjacent to an activating group) is 1. The van der Waals surface area contributed by atoms with E-state index in [0.717, 1.165) is 6.54 Å². The van der Waals surface area contributed by atoms with Gasteiger partial charge < -0.3 is 10.2 Å². The van der Waals surface area contributed by atoms with E-state index in [1.807, 2.05) is 13.0 Å². The maximum Gasteiger partial charge on any atom is 0.269 e. The summed E-state index contributed by atoms with van der Waals surface area (Å²) in [4.78, 5) is 13.1. The lowest BCUT2D eigenvalue weighted by Gasteiger charge is -2.16. The van der Waals surface area contributed by atoms with E-state index in [-0.39, 0.29) is 18.3 Å². The van der Waals surface area contributed by atoms with Gasteiger partial charge in [-0.25, -0.2) is 0 Å². The summed E-state index contributed by atoms with van der Waals surface area (Å²) >= 11 is 0. The predicted molar refractivity (Wildman–Crippen MR) is 62.5 cm³/mol. The lowest BCUT2D eigenvalue weighted by molar-refractivity contribution is -0.125. The SMILES string of the molecule is CC=C(NCC(C)C)C(=O)N(C)C.Cl. The number of halogens is 1. The van der Waals surface area contributed by atoms with Crippen molar-refractivity contribution < 1.29 is 4.79 Å². The molecule has 0 bridgehead atoms. The molecule has 0 saturated carbocycles. The first kappa shape index (κ1) is 15.8. The summed E-state index contributed by atoms with van der Waals surface area (Å²) in [7, 11) is 3.51. The van der Waals surface area contributed by atoms with Gasteiger partial charge in [0.15, 0.2) is 0 Å². The molecule has 0 heterocycles. The number of amides is 1. The zero-order valence-electron chi connectivity index (χ0n) is 9.63. The lowest BCUT2D eigenvalue weighted by Crippen LogP contribution is -2.32. The maximum atomic E-state index is 11.5. The second kappa shape index (κ2) is 7.68. The highest BCUT2D eigenvalue weighted by molar-refractivity contribution is 5.92. The second-order valence-corrected chi connectivity index (χ2v) is 3.68. The van der Waals surface area contributed by atoms with Crippen molar-refractivity contribution in [1.82, 2.24) is 10.2 Å². The van der Waals surface area contributed by atoms with Crippen molar-refractivity contribution in [1.29, 1.82) is 0 Å². The molecule has 0 aliphatic heterocycles. The molecular weight excluding hydrogens is 200 g/mol. The smallest absolute Gasteiger partial charge is 0.269 e. The van der Waals surface area contributed by atoms with Gasteiger partial charge in [0, 0.05) is 20.6 Å². The Labute approximate surface area is 93.0 Å². The third-order valence-electron chi connectivity index (χ3n) is 1.63. The highest BCUT2D eigenvalue weighted by atomic mass is 35.5. The third-order valence-corrected chi connectivity index (χ3v) is 1.63. The first-order chi connectivity index (χ1) is 5.99. The average Bonchev–Trinajstić information content (AvgIpc) is 2.04. The number of carbonyl (C=O) groups excluding carboxylic acids is 1. The number of carbonyl (C=O) groups is 1. The number of rotatable bonds is 4. The van der Waals surface area contributed by atoms with E-state index in [0.29, 0.717) is 11.6 Å². The number of hydrogen-bond acceptors (Lipinski definition) is 2. The molecule has 4 heteroatoms. The van der Waals surface area contributed by atoms with Crippen LogP contribution in [0.15, 0.2) is 11.8 Å². The fourth-order valence-electron chi connectivity index (χ4n) is 0.856. The summed E-state index contributed by atoms with van der Waals surface area (Å²) in [6, 6.07) is 0. The fraction of sp³-hybridized carbons (Fsp3) is 0.700. The van der Waals surface area contributed by atoms with Gasteiger partial charge in [0.1, 0.15) is 0 Å². The Balaban J connectivity index is 0. The van der Waals surface area contributed by atoms with E-state index < -0.39 is 0 Å². The maximum absolute atomic E-state index is 11.5. The minimum atomic E-state index is 0. The van der Waals surface area contributed by atoms with Crippen LogP contribution in [0.2, 0.25) is 0 Å². The summed E-state index contributed by atoms with van der Waals surface area (Å²) < 4.78 is 0. The predicted octanol–water partition coefficient (Wildman–Crippen LogP) is 1.65. The largest absolute Gasteiger partial charge is 0.381 e. The van der Waals surface area contributed by atoms with Crippen LogP contribution in [0.1, 0.15) is 20.8 Å². The van der Waals surface area contributed by atoms with E-state index in [4.69, 9.17) is 0 Å². The van der Waals surface area contributed by atoms with Crippen LogP contribution >= 0.6 is 12.4 Å². The van der Waals surface area contributed by atoms with Gasteiger partial charge in [-0.3, -0.25) is 4.79 Å². The zero-order valence-corrected chi connectivity index (χ0v) is 10.4. The summed E-state index contributed by atoms with van der Waals surface area (Å²) in [6.45, 7) is 6.92. The van der Waals surface area contributed by atoms with E-state index >= 15 is 0 Å². The van der Waals surface area contributed by atoms with Crippen molar-refractivity contribution in [3.8, 4) is 0 Å². The first-order valence-corrected chi connectivity index (χ1v) is 4.60. The Morgan fingerprint density at radius 2 is 1.93 bits per heavy atom. The van der Waals surface area contributed by atoms with Crippen LogP contribution < -0.4 is 5.32 Å². The molecule has 0 rings (SSSR count). The molecule has 0 saturated heterocycles. The quantitative estimate of drug-likeness (QED) is 0.731. The van der Waals surface area contributed by atoms with Gasteiger partial charge in [0.2, 0.25) is 0 Å². The van der Waals surface area contributed by atoms with Crippen LogP contribution in [-0.4, -0.2) is 31.4 Å². The van der Waals surface area contributed by atoms with E-state index in [2.05, 4.69) is 19.2 Å². The molecule has 84 valence electrons. The van der Waals surface area contributed by atoms with Crippen molar-refractivity contribution in [3.63, 3.8) is 0 Å². The Kier molecular flexibility index (Phi) is 8.65. The summed E-state index contributed by atoms with van der Waals surface area (Å²) in [5, 5.41) is 3.12. The molecule has 0 unspecified atom stereocenters. The van der Waals surface area contributed by atoms with Gasteiger partial charge in [-0.05, 0) is 12.8 Å². The van der Waals surface area contributed by atoms with Gasteiger partial charge in [-0.2, -0.15) is 0 Å². The lowest BCUT2D eigenvalue weighted by atomic mass is 10.2. The van der Waals surface area contributed by atoms with Crippen molar-refractivity contribution in [2.75, 3.05) is 20.6 Å². The molecule has 14 heavy (non-hydrogen) atoms. The fourth-order valence-corrected chi connectivity index (χ4v) is 0.856. The molecule has 0 spiro atoms. The van der Waals surface area contributed by atoms with Gasteiger partial charge in [0.05, 0.1) is 5.70 Å². The first-order valence-electron chi connectivity index (χ1n) is 4.60. The monoisotopic (exact) mass is 220 g/mol. The molecule has 0 fully saturated rings. The molecule has 1 N–H and O–H groups in total. The zero-order chi connectivity index (χ0) is 10.4. The third kappa shape index (κ3) is 5.86. The second-order valence-electron chi connectivity index (χ2n) is 3.68. The van der Waals surface area contributed by atoms with Crippen molar-refractivity contribution >= 4 is 18.3 Å². The number of nitrogens with zero attached hydrogens (tertiary/aromatic N) is 1. The normalized spacial score (nSPS) is 10.9. The van der Waals surface area contributed by atoms with Crippen molar-refractivity contribution in [2.45, 2.75) is 20.8 Å². The molecule has 0 aliphatic carbocycles. The minimum absolute atomic E-state index is 0. The number of hydrogen-bond donors (Lipinski definition) is 1. The topological polar surface area (TPSA) is 32.3 Å². The number of nitrogens with one attached hydrogen (secondary N) is 1. The molecule has 0 aliphatic rings. The number of allylic oxidation sites excluding steroid dienone is 1. The van der Waals surface area contributed by atoms with Crippen molar-refractivity contribution in [3.05, 3.63) is 11.8 Å². The van der Waals surface area contributed by atoms with Crippen molar-refractivity contribution in [2.24, 2.45) is 5.92 Å². The Hall–Kier alpha value is -0.700. The highest BCUT2D eigenvalue weighted by Gasteiger charge is 2.09. The van der Waals surface area contributed by atoms with E-state index in [9.17, 15) is 4.79 Å². The van der Waals surface area contributed by atoms with Crippen LogP contribution in [-0.2, 0) is 4.79 Å². The van der Waals surface area contributed by atoms with Gasteiger partial charge >= 0.3 is 0 Å². The van der Waals surface area contributed by atoms with Crippen LogP contribution in [0.3, 0.4) is 0 Å². The summed E-state index contributed by atoms with van der Waals surface area (Å²) in [5.74, 6) is 0.577. The molecule has 1 amide bonds. The minimum Gasteiger partial charge on any atom is -0.381 e. The van der Waals surface area contributed by atoms with Crippen LogP contribution in [0.4, 0.5) is 0 Å². The average molecular weight is 221 g/mol. The Morgan fingerprint density at radius 3 is 2.21 bits per heavy atom. The molecule has 0 aromatic carbocycles. The van der Waals surface area contributed by atoms with E-state index in [1.165, 1.54) is 0 Å². The Morgan fingerprint density at radius 1 is 1.43 bits per heavy atom. The standard InChI is InChI=1S/C10H20N2O.ClH/c1-6-9(10(13)12(4)5)11-7-8(2)3;/h6,8,11H,7H2,1-5H3;1H. The Bertz CT molecular complexity index is 200. The molecule has 0 radical (unpaired) electrons. The summed E-state index contributed by atoms with van der Waals surface area (Å²) in [6.07, 6.45) is 1.81. The molecule has 0 aromatic rings. The molecule has 3 nitrogen and oxygen atoms in total. The van der Waals surface area contributed by atoms with Crippen LogP contribution in [0.5, 0.6) is 0 Å². The molecule has 0 aromatic heterocycles. The highest BCUT2D eigenvalue weighted by Crippen LogP contribution is 1.96. The molecular formula is C10H21ClN2O. The van der Waals surface area contributed by atoms with Crippen LogP contribution in [0.25, 0.3) is 0 Å². The summed E-state index contributed by atoms with van der Waals surface area (Å²) in [5.41, 5.74) is 0.679.